The summed E-state index contributed by atoms with van der Waals surface area (Å²) in [6.45, 7) is 1.33. The van der Waals surface area contributed by atoms with E-state index in [0.29, 0.717) is 63.2 Å². The number of alkyl halides is 6. The maximum absolute atomic E-state index is 11.9. The Labute approximate surface area is 321 Å². The van der Waals surface area contributed by atoms with Crippen LogP contribution >= 0.6 is 118 Å². The predicted molar refractivity (Wildman–Crippen MR) is 186 cm³/mol. The van der Waals surface area contributed by atoms with Crippen LogP contribution in [0.15, 0.2) is 36.4 Å². The largest absolute Gasteiger partial charge is 2.00 e. The van der Waals surface area contributed by atoms with E-state index in [1.807, 2.05) is 6.08 Å². The molecule has 0 bridgehead atoms. The topological polar surface area (TPSA) is 98.8 Å². The number of hydrogen-bond acceptors (Lipinski definition) is 10. The number of rotatable bonds is 5. The second-order valence-corrected chi connectivity index (χ2v) is 18.4. The molecule has 230 valence electrons. The van der Waals surface area contributed by atoms with Crippen molar-refractivity contribution in [1.82, 2.24) is 19.2 Å². The third-order valence-corrected chi connectivity index (χ3v) is 8.52. The summed E-state index contributed by atoms with van der Waals surface area (Å²) in [4.78, 5) is 47.4. The van der Waals surface area contributed by atoms with Crippen molar-refractivity contribution in [3.05, 3.63) is 47.5 Å². The fourth-order valence-corrected chi connectivity index (χ4v) is 6.50. The van der Waals surface area contributed by atoms with E-state index in [1.165, 1.54) is 0 Å². The van der Waals surface area contributed by atoms with Gasteiger partial charge in [0.2, 0.25) is 11.8 Å². The molecule has 2 N–H and O–H groups in total. The van der Waals surface area contributed by atoms with E-state index in [1.54, 1.807) is 30.3 Å². The van der Waals surface area contributed by atoms with Crippen molar-refractivity contribution in [1.29, 1.82) is 0 Å². The minimum Gasteiger partial charge on any atom is -0.412 e. The van der Waals surface area contributed by atoms with Crippen molar-refractivity contribution < 1.29 is 38.7 Å². The number of fused-ring (bicyclic) bond motifs is 2. The summed E-state index contributed by atoms with van der Waals surface area (Å²) in [6, 6.07) is 6.48. The molecule has 0 radical (unpaired) electrons. The second kappa shape index (κ2) is 18.8. The molecule has 3 aliphatic rings. The number of carbonyl (C=O) groups is 4. The van der Waals surface area contributed by atoms with Crippen LogP contribution in [0.1, 0.15) is 33.6 Å². The van der Waals surface area contributed by atoms with Crippen molar-refractivity contribution in [3.63, 3.8) is 0 Å². The average molecular weight is 873 g/mol. The van der Waals surface area contributed by atoms with Crippen LogP contribution in [0.5, 0.6) is 0 Å². The van der Waals surface area contributed by atoms with Gasteiger partial charge in [-0.1, -0.05) is 103 Å². The van der Waals surface area contributed by atoms with E-state index in [4.69, 9.17) is 69.6 Å². The van der Waals surface area contributed by atoms with Crippen LogP contribution in [0.25, 0.3) is 0 Å². The van der Waals surface area contributed by atoms with Crippen molar-refractivity contribution in [2.45, 2.75) is 19.1 Å². The second-order valence-electron chi connectivity index (χ2n) is 8.06. The van der Waals surface area contributed by atoms with Crippen LogP contribution in [0.2, 0.25) is 0 Å². The summed E-state index contributed by atoms with van der Waals surface area (Å²) < 4.78 is -0.847. The van der Waals surface area contributed by atoms with Gasteiger partial charge in [-0.05, 0) is 25.0 Å². The molecule has 43 heavy (non-hydrogen) atoms. The van der Waals surface area contributed by atoms with Gasteiger partial charge in [0, 0.05) is 37.0 Å². The Hall–Kier alpha value is 0.523. The fourth-order valence-electron chi connectivity index (χ4n) is 3.63. The number of benzene rings is 1. The monoisotopic (exact) mass is 868 g/mol. The maximum Gasteiger partial charge on any atom is 2.00 e. The van der Waals surface area contributed by atoms with Gasteiger partial charge < -0.3 is 60.3 Å². The first-order valence-electron chi connectivity index (χ1n) is 11.4. The normalized spacial score (nSPS) is 18.8. The van der Waals surface area contributed by atoms with Gasteiger partial charge in [-0.3, -0.25) is 19.2 Å². The molecule has 4 amide bonds. The number of hydrogen-bond donors (Lipinski definition) is 2. The standard InChI is InChI=1S/C9H8Cl3NO2S.C9H4Cl3NO2S.C4H8N2S4.Zn/c2*10-9(11,12)16-13-7(14)5-3-1-2-4-6(5)8(13)15;7-3(8)5-1-2-6-4(9)10;/h1,3,5-6H,2,4H2;1-4H;1-2H2,(H2,5,7,8)(H2,6,9,10);/q;;;+2/p-2. The molecular weight excluding hydrogens is 855 g/mol. The first kappa shape index (κ1) is 41.5. The number of halogens is 6. The van der Waals surface area contributed by atoms with E-state index in [2.05, 4.69) is 60.3 Å². The van der Waals surface area contributed by atoms with Crippen molar-refractivity contribution in [2.75, 3.05) is 13.1 Å². The molecule has 1 aliphatic carbocycles. The zero-order valence-electron chi connectivity index (χ0n) is 21.4. The van der Waals surface area contributed by atoms with Crippen molar-refractivity contribution >= 4 is 175 Å². The number of nitrogens with one attached hydrogen (secondary N) is 2. The van der Waals surface area contributed by atoms with Crippen LogP contribution < -0.4 is 10.6 Å². The molecule has 1 fully saturated rings. The minimum absolute atomic E-state index is 0. The van der Waals surface area contributed by atoms with E-state index in [0.717, 1.165) is 15.0 Å². The van der Waals surface area contributed by atoms with Crippen LogP contribution in [-0.2, 0) is 54.3 Å². The Morgan fingerprint density at radius 2 is 1.28 bits per heavy atom. The van der Waals surface area contributed by atoms with Crippen LogP contribution in [0.4, 0.5) is 0 Å². The molecule has 0 saturated carbocycles. The minimum atomic E-state index is -1.74. The molecule has 0 aromatic heterocycles. The number of nitrogens with zero attached hydrogens (tertiary/aromatic N) is 2. The van der Waals surface area contributed by atoms with E-state index in [9.17, 15) is 19.2 Å². The Morgan fingerprint density at radius 3 is 1.67 bits per heavy atom. The smallest absolute Gasteiger partial charge is 0.412 e. The number of carbonyl (C=O) groups excluding carboxylic acids is 4. The summed E-state index contributed by atoms with van der Waals surface area (Å²) in [5.41, 5.74) is 0.656. The van der Waals surface area contributed by atoms with E-state index in [-0.39, 0.29) is 43.1 Å². The molecule has 2 aliphatic heterocycles. The molecule has 1 aromatic carbocycles. The zero-order valence-corrected chi connectivity index (χ0v) is 33.8. The third-order valence-electron chi connectivity index (χ3n) is 5.23. The summed E-state index contributed by atoms with van der Waals surface area (Å²) >= 11 is 52.9. The summed E-state index contributed by atoms with van der Waals surface area (Å²) in [5.74, 6) is -2.12. The summed E-state index contributed by atoms with van der Waals surface area (Å²) in [7, 11) is 0. The number of imide groups is 2. The summed E-state index contributed by atoms with van der Waals surface area (Å²) in [6.07, 6.45) is 5.18. The average Bonchev–Trinajstić information content (AvgIpc) is 3.26. The Morgan fingerprint density at radius 1 is 0.837 bits per heavy atom. The number of allylic oxidation sites excluding steroid dienone is 1. The first-order valence-corrected chi connectivity index (χ1v) is 16.8. The Bertz CT molecular complexity index is 1220. The molecule has 2 heterocycles. The van der Waals surface area contributed by atoms with E-state index >= 15 is 0 Å². The van der Waals surface area contributed by atoms with Crippen molar-refractivity contribution in [2.24, 2.45) is 11.8 Å². The molecule has 2 unspecified atom stereocenters. The third kappa shape index (κ3) is 13.7. The molecule has 0 spiro atoms. The number of thiocarbonyl (C=S) groups is 2. The molecule has 1 aromatic rings. The van der Waals surface area contributed by atoms with Crippen molar-refractivity contribution in [3.8, 4) is 0 Å². The molecule has 8 nitrogen and oxygen atoms in total. The van der Waals surface area contributed by atoms with Gasteiger partial charge in [-0.25, -0.2) is 8.61 Å². The van der Waals surface area contributed by atoms with Gasteiger partial charge in [0.05, 0.1) is 23.0 Å². The van der Waals surface area contributed by atoms with Gasteiger partial charge >= 0.3 is 19.5 Å². The quantitative estimate of drug-likeness (QED) is 0.0532. The Kier molecular flexibility index (Phi) is 18.1. The zero-order chi connectivity index (χ0) is 31.8. The van der Waals surface area contributed by atoms with Crippen LogP contribution in [0, 0.1) is 11.8 Å². The van der Waals surface area contributed by atoms with Gasteiger partial charge in [0.1, 0.15) is 0 Å². The van der Waals surface area contributed by atoms with Crippen LogP contribution in [-0.4, -0.2) is 60.2 Å². The molecular formula is C22H18Cl6N4O4S6Zn. The SMILES string of the molecule is O=C1C2C=CCCC2C(=O)N1SC(Cl)(Cl)Cl.O=C1c2ccccc2C(=O)N1SC(Cl)(Cl)Cl.S=C([S-])NCCNC(=S)[S-].[Zn+2]. The van der Waals surface area contributed by atoms with Gasteiger partial charge in [0.15, 0.2) is 0 Å². The molecule has 4 rings (SSSR count). The Balaban J connectivity index is 0.000000329. The van der Waals surface area contributed by atoms with Gasteiger partial charge in [-0.15, -0.1) is 0 Å². The molecule has 1 saturated heterocycles. The maximum atomic E-state index is 11.9. The molecule has 21 heteroatoms. The van der Waals surface area contributed by atoms with Gasteiger partial charge in [0.25, 0.3) is 18.1 Å². The summed E-state index contributed by atoms with van der Waals surface area (Å²) in [5, 5.41) is 5.56. The predicted octanol–water partition coefficient (Wildman–Crippen LogP) is 6.00. The van der Waals surface area contributed by atoms with Crippen LogP contribution in [0.3, 0.4) is 0 Å². The fraction of sp³-hybridized carbons (Fsp3) is 0.364. The number of amides is 4. The van der Waals surface area contributed by atoms with Gasteiger partial charge in [-0.2, -0.15) is 0 Å². The molecule has 2 atom stereocenters. The van der Waals surface area contributed by atoms with E-state index < -0.39 is 18.1 Å². The first-order chi connectivity index (χ1) is 19.4.